The number of nitrogen functional groups attached to an aromatic ring is 1. The monoisotopic (exact) mass is 290 g/mol. The normalized spacial score (nSPS) is 17.5. The Bertz CT molecular complexity index is 641. The average Bonchev–Trinajstić information content (AvgIpc) is 2.89. The van der Waals surface area contributed by atoms with Crippen molar-refractivity contribution < 1.29 is 9.13 Å². The minimum atomic E-state index is -0.836. The van der Waals surface area contributed by atoms with Crippen molar-refractivity contribution in [3.8, 4) is 17.1 Å². The molecule has 2 heterocycles. The first kappa shape index (κ1) is 13.9. The summed E-state index contributed by atoms with van der Waals surface area (Å²) in [6, 6.07) is 5.53. The van der Waals surface area contributed by atoms with Crippen LogP contribution in [0.2, 0.25) is 0 Å². The largest absolute Gasteiger partial charge is 0.491 e. The third-order valence-corrected chi connectivity index (χ3v) is 3.62. The van der Waals surface area contributed by atoms with Crippen LogP contribution in [0, 0.1) is 0 Å². The van der Waals surface area contributed by atoms with Crippen molar-refractivity contribution in [3.05, 3.63) is 24.0 Å². The van der Waals surface area contributed by atoms with Crippen molar-refractivity contribution in [2.75, 3.05) is 12.3 Å². The molecular weight excluding hydrogens is 271 g/mol. The maximum Gasteiger partial charge on any atom is 0.164 e. The lowest BCUT2D eigenvalue weighted by molar-refractivity contribution is 0.254. The van der Waals surface area contributed by atoms with Gasteiger partial charge in [0.25, 0.3) is 0 Å². The molecule has 0 saturated carbocycles. The second-order valence-electron chi connectivity index (χ2n) is 5.29. The Morgan fingerprint density at radius 1 is 1.43 bits per heavy atom. The number of aryl methyl sites for hydroxylation is 1. The summed E-state index contributed by atoms with van der Waals surface area (Å²) in [5, 5.41) is 8.33. The quantitative estimate of drug-likeness (QED) is 0.879. The standard InChI is InChI=1S/C15H19FN4O/c1-2-7-21-13-5-3-10(8-12(13)17)15-19-18-14-6-4-11(16)9-20(14)15/h3,5,8,11H,2,4,6-7,9,17H2,1H3. The maximum absolute atomic E-state index is 13.6. The van der Waals surface area contributed by atoms with E-state index in [4.69, 9.17) is 10.5 Å². The summed E-state index contributed by atoms with van der Waals surface area (Å²) in [4.78, 5) is 0. The molecule has 2 aromatic rings. The van der Waals surface area contributed by atoms with Gasteiger partial charge in [0.1, 0.15) is 17.7 Å². The summed E-state index contributed by atoms with van der Waals surface area (Å²) in [5.41, 5.74) is 7.41. The Kier molecular flexibility index (Phi) is 3.77. The van der Waals surface area contributed by atoms with Crippen LogP contribution in [0.5, 0.6) is 5.75 Å². The molecule has 1 aromatic heterocycles. The van der Waals surface area contributed by atoms with E-state index < -0.39 is 6.17 Å². The van der Waals surface area contributed by atoms with Crippen LogP contribution < -0.4 is 10.5 Å². The first-order valence-electron chi connectivity index (χ1n) is 7.28. The van der Waals surface area contributed by atoms with E-state index >= 15 is 0 Å². The van der Waals surface area contributed by atoms with Gasteiger partial charge < -0.3 is 15.0 Å². The Balaban J connectivity index is 1.91. The number of ether oxygens (including phenoxy) is 1. The van der Waals surface area contributed by atoms with Crippen molar-refractivity contribution >= 4 is 5.69 Å². The minimum absolute atomic E-state index is 0.311. The summed E-state index contributed by atoms with van der Waals surface area (Å²) in [6.45, 7) is 2.99. The number of alkyl halides is 1. The van der Waals surface area contributed by atoms with E-state index in [9.17, 15) is 4.39 Å². The second kappa shape index (κ2) is 5.71. The van der Waals surface area contributed by atoms with Gasteiger partial charge in [0.15, 0.2) is 5.82 Å². The molecule has 1 aliphatic rings. The number of nitrogens with zero attached hydrogens (tertiary/aromatic N) is 3. The molecule has 6 heteroatoms. The molecule has 0 spiro atoms. The molecule has 5 nitrogen and oxygen atoms in total. The smallest absolute Gasteiger partial charge is 0.164 e. The van der Waals surface area contributed by atoms with Gasteiger partial charge in [-0.2, -0.15) is 0 Å². The molecule has 1 aliphatic heterocycles. The molecule has 1 atom stereocenters. The van der Waals surface area contributed by atoms with Crippen LogP contribution >= 0.6 is 0 Å². The van der Waals surface area contributed by atoms with Gasteiger partial charge in [-0.3, -0.25) is 0 Å². The summed E-state index contributed by atoms with van der Waals surface area (Å²) in [6.07, 6.45) is 1.24. The number of fused-ring (bicyclic) bond motifs is 1. The highest BCUT2D eigenvalue weighted by atomic mass is 19.1. The fourth-order valence-electron chi connectivity index (χ4n) is 2.53. The van der Waals surface area contributed by atoms with Crippen molar-refractivity contribution in [3.63, 3.8) is 0 Å². The topological polar surface area (TPSA) is 66.0 Å². The maximum atomic E-state index is 13.6. The first-order valence-corrected chi connectivity index (χ1v) is 7.28. The SMILES string of the molecule is CCCOc1ccc(-c2nnc3n2CC(F)CC3)cc1N. The van der Waals surface area contributed by atoms with Crippen molar-refractivity contribution in [1.29, 1.82) is 0 Å². The van der Waals surface area contributed by atoms with Gasteiger partial charge in [0, 0.05) is 12.0 Å². The lowest BCUT2D eigenvalue weighted by Gasteiger charge is -2.18. The van der Waals surface area contributed by atoms with Crippen molar-refractivity contribution in [2.45, 2.75) is 38.9 Å². The predicted octanol–water partition coefficient (Wildman–Crippen LogP) is 2.60. The Morgan fingerprint density at radius 3 is 3.05 bits per heavy atom. The van der Waals surface area contributed by atoms with Crippen molar-refractivity contribution in [2.24, 2.45) is 0 Å². The molecule has 0 aliphatic carbocycles. The molecule has 0 saturated heterocycles. The summed E-state index contributed by atoms with van der Waals surface area (Å²) in [7, 11) is 0. The number of anilines is 1. The van der Waals surface area contributed by atoms with Crippen molar-refractivity contribution in [1.82, 2.24) is 14.8 Å². The van der Waals surface area contributed by atoms with E-state index in [1.54, 1.807) is 0 Å². The minimum Gasteiger partial charge on any atom is -0.491 e. The zero-order chi connectivity index (χ0) is 14.8. The Labute approximate surface area is 122 Å². The number of halogens is 1. The summed E-state index contributed by atoms with van der Waals surface area (Å²) in [5.74, 6) is 2.17. The van der Waals surface area contributed by atoms with Gasteiger partial charge in [0.2, 0.25) is 0 Å². The summed E-state index contributed by atoms with van der Waals surface area (Å²) < 4.78 is 21.0. The molecule has 3 rings (SSSR count). The number of rotatable bonds is 4. The zero-order valence-corrected chi connectivity index (χ0v) is 12.1. The van der Waals surface area contributed by atoms with E-state index in [1.165, 1.54) is 0 Å². The lowest BCUT2D eigenvalue weighted by Crippen LogP contribution is -2.21. The predicted molar refractivity (Wildman–Crippen MR) is 78.9 cm³/mol. The molecule has 1 unspecified atom stereocenters. The van der Waals surface area contributed by atoms with Crippen LogP contribution in [0.1, 0.15) is 25.6 Å². The molecule has 0 bridgehead atoms. The number of hydrogen-bond donors (Lipinski definition) is 1. The van der Waals surface area contributed by atoms with Crippen LogP contribution in [-0.4, -0.2) is 27.5 Å². The molecular formula is C15H19FN4O. The highest BCUT2D eigenvalue weighted by molar-refractivity contribution is 5.66. The van der Waals surface area contributed by atoms with E-state index in [0.29, 0.717) is 43.3 Å². The van der Waals surface area contributed by atoms with E-state index in [2.05, 4.69) is 10.2 Å². The average molecular weight is 290 g/mol. The van der Waals surface area contributed by atoms with E-state index in [0.717, 1.165) is 17.8 Å². The third kappa shape index (κ3) is 2.70. The first-order chi connectivity index (χ1) is 10.2. The summed E-state index contributed by atoms with van der Waals surface area (Å²) >= 11 is 0. The van der Waals surface area contributed by atoms with E-state index in [-0.39, 0.29) is 0 Å². The van der Waals surface area contributed by atoms with Gasteiger partial charge in [0.05, 0.1) is 18.8 Å². The van der Waals surface area contributed by atoms with Gasteiger partial charge in [-0.1, -0.05) is 6.92 Å². The molecule has 1 aromatic carbocycles. The van der Waals surface area contributed by atoms with Crippen LogP contribution in [-0.2, 0) is 13.0 Å². The molecule has 0 amide bonds. The molecule has 0 radical (unpaired) electrons. The molecule has 21 heavy (non-hydrogen) atoms. The van der Waals surface area contributed by atoms with Crippen LogP contribution in [0.4, 0.5) is 10.1 Å². The number of nitrogens with two attached hydrogens (primary N) is 1. The highest BCUT2D eigenvalue weighted by Crippen LogP contribution is 2.30. The molecule has 112 valence electrons. The van der Waals surface area contributed by atoms with Crippen LogP contribution in [0.15, 0.2) is 18.2 Å². The fourth-order valence-corrected chi connectivity index (χ4v) is 2.53. The number of benzene rings is 1. The highest BCUT2D eigenvalue weighted by Gasteiger charge is 2.23. The van der Waals surface area contributed by atoms with E-state index in [1.807, 2.05) is 29.7 Å². The van der Waals surface area contributed by atoms with Crippen LogP contribution in [0.25, 0.3) is 11.4 Å². The lowest BCUT2D eigenvalue weighted by atomic mass is 10.1. The van der Waals surface area contributed by atoms with Gasteiger partial charge in [-0.05, 0) is 31.0 Å². The Hall–Kier alpha value is -2.11. The van der Waals surface area contributed by atoms with Gasteiger partial charge in [-0.15, -0.1) is 10.2 Å². The number of aromatic nitrogens is 3. The van der Waals surface area contributed by atoms with Crippen LogP contribution in [0.3, 0.4) is 0 Å². The van der Waals surface area contributed by atoms with Gasteiger partial charge >= 0.3 is 0 Å². The molecule has 2 N–H and O–H groups in total. The second-order valence-corrected chi connectivity index (χ2v) is 5.29. The number of hydrogen-bond acceptors (Lipinski definition) is 4. The Morgan fingerprint density at radius 2 is 2.29 bits per heavy atom. The fraction of sp³-hybridized carbons (Fsp3) is 0.467. The third-order valence-electron chi connectivity index (χ3n) is 3.62. The molecule has 0 fully saturated rings. The zero-order valence-electron chi connectivity index (χ0n) is 12.1. The van der Waals surface area contributed by atoms with Gasteiger partial charge in [-0.25, -0.2) is 4.39 Å².